The SMILES string of the molecule is C#CC1(O)C=CN(C)C1. The molecule has 0 aromatic carbocycles. The van der Waals surface area contributed by atoms with E-state index in [2.05, 4.69) is 5.92 Å². The Bertz CT molecular complexity index is 180. The van der Waals surface area contributed by atoms with Gasteiger partial charge in [-0.05, 0) is 12.3 Å². The largest absolute Gasteiger partial charge is 0.376 e. The van der Waals surface area contributed by atoms with Crippen LogP contribution in [0, 0.1) is 12.3 Å². The van der Waals surface area contributed by atoms with Crippen LogP contribution in [-0.2, 0) is 0 Å². The van der Waals surface area contributed by atoms with Gasteiger partial charge in [0.2, 0.25) is 0 Å². The van der Waals surface area contributed by atoms with Crippen molar-refractivity contribution in [2.24, 2.45) is 0 Å². The molecule has 0 saturated carbocycles. The second kappa shape index (κ2) is 1.78. The molecule has 2 heteroatoms. The summed E-state index contributed by atoms with van der Waals surface area (Å²) in [7, 11) is 1.87. The van der Waals surface area contributed by atoms with Crippen molar-refractivity contribution in [3.63, 3.8) is 0 Å². The number of hydrogen-bond donors (Lipinski definition) is 1. The molecule has 1 rings (SSSR count). The predicted molar refractivity (Wildman–Crippen MR) is 35.6 cm³/mol. The van der Waals surface area contributed by atoms with Gasteiger partial charge in [0.05, 0.1) is 6.54 Å². The van der Waals surface area contributed by atoms with Gasteiger partial charge < -0.3 is 10.0 Å². The van der Waals surface area contributed by atoms with Gasteiger partial charge in [0, 0.05) is 7.05 Å². The summed E-state index contributed by atoms with van der Waals surface area (Å²) in [5.74, 6) is 2.30. The third kappa shape index (κ3) is 1.06. The van der Waals surface area contributed by atoms with Gasteiger partial charge in [-0.25, -0.2) is 0 Å². The van der Waals surface area contributed by atoms with E-state index in [0.29, 0.717) is 6.54 Å². The van der Waals surface area contributed by atoms with Crippen molar-refractivity contribution in [2.75, 3.05) is 13.6 Å². The van der Waals surface area contributed by atoms with Gasteiger partial charge in [-0.15, -0.1) is 6.42 Å². The summed E-state index contributed by atoms with van der Waals surface area (Å²) >= 11 is 0. The van der Waals surface area contributed by atoms with Gasteiger partial charge in [0.1, 0.15) is 0 Å². The number of likely N-dealkylation sites (N-methyl/N-ethyl adjacent to an activating group) is 1. The van der Waals surface area contributed by atoms with Crippen molar-refractivity contribution in [3.8, 4) is 12.3 Å². The van der Waals surface area contributed by atoms with Crippen molar-refractivity contribution < 1.29 is 5.11 Å². The van der Waals surface area contributed by atoms with Crippen LogP contribution in [0.5, 0.6) is 0 Å². The first-order valence-corrected chi connectivity index (χ1v) is 2.76. The molecule has 9 heavy (non-hydrogen) atoms. The van der Waals surface area contributed by atoms with E-state index in [1.54, 1.807) is 12.3 Å². The van der Waals surface area contributed by atoms with Crippen LogP contribution >= 0.6 is 0 Å². The topological polar surface area (TPSA) is 23.5 Å². The second-order valence-electron chi connectivity index (χ2n) is 2.30. The van der Waals surface area contributed by atoms with E-state index in [9.17, 15) is 5.11 Å². The van der Waals surface area contributed by atoms with E-state index in [1.807, 2.05) is 11.9 Å². The number of aliphatic hydroxyl groups is 1. The molecule has 1 heterocycles. The van der Waals surface area contributed by atoms with Crippen LogP contribution in [0.3, 0.4) is 0 Å². The van der Waals surface area contributed by atoms with E-state index >= 15 is 0 Å². The Kier molecular flexibility index (Phi) is 1.22. The molecular weight excluding hydrogens is 114 g/mol. The maximum atomic E-state index is 9.31. The normalized spacial score (nSPS) is 32.8. The molecule has 0 amide bonds. The molecule has 0 aromatic rings. The van der Waals surface area contributed by atoms with Crippen molar-refractivity contribution in [1.82, 2.24) is 4.90 Å². The van der Waals surface area contributed by atoms with E-state index in [4.69, 9.17) is 6.42 Å². The lowest BCUT2D eigenvalue weighted by Gasteiger charge is -2.14. The Labute approximate surface area is 54.8 Å². The maximum absolute atomic E-state index is 9.31. The van der Waals surface area contributed by atoms with E-state index in [0.717, 1.165) is 0 Å². The summed E-state index contributed by atoms with van der Waals surface area (Å²) < 4.78 is 0. The fraction of sp³-hybridized carbons (Fsp3) is 0.429. The number of rotatable bonds is 0. The summed E-state index contributed by atoms with van der Waals surface area (Å²) in [4.78, 5) is 1.85. The zero-order valence-corrected chi connectivity index (χ0v) is 5.33. The average Bonchev–Trinajstić information content (AvgIpc) is 2.13. The second-order valence-corrected chi connectivity index (χ2v) is 2.30. The van der Waals surface area contributed by atoms with Crippen LogP contribution in [0.1, 0.15) is 0 Å². The van der Waals surface area contributed by atoms with E-state index in [-0.39, 0.29) is 0 Å². The zero-order chi connectivity index (χ0) is 6.91. The van der Waals surface area contributed by atoms with Gasteiger partial charge in [0.25, 0.3) is 0 Å². The van der Waals surface area contributed by atoms with Gasteiger partial charge in [0.15, 0.2) is 5.60 Å². The van der Waals surface area contributed by atoms with Crippen molar-refractivity contribution in [1.29, 1.82) is 0 Å². The van der Waals surface area contributed by atoms with Crippen LogP contribution < -0.4 is 0 Å². The lowest BCUT2D eigenvalue weighted by molar-refractivity contribution is 0.141. The predicted octanol–water partition coefficient (Wildman–Crippen LogP) is -0.190. The maximum Gasteiger partial charge on any atom is 0.162 e. The minimum atomic E-state index is -1.02. The molecular formula is C7H9NO. The molecule has 48 valence electrons. The molecule has 1 aliphatic heterocycles. The quantitative estimate of drug-likeness (QED) is 0.451. The third-order valence-corrected chi connectivity index (χ3v) is 1.35. The zero-order valence-electron chi connectivity index (χ0n) is 5.33. The summed E-state index contributed by atoms with van der Waals surface area (Å²) in [6.07, 6.45) is 8.45. The number of β-amino-alcohol motifs (C(OH)–C–C–N with tert-alkyl or cyclic N) is 1. The minimum absolute atomic E-state index is 0.503. The lowest BCUT2D eigenvalue weighted by Crippen LogP contribution is -2.30. The van der Waals surface area contributed by atoms with E-state index < -0.39 is 5.60 Å². The Morgan fingerprint density at radius 2 is 2.56 bits per heavy atom. The van der Waals surface area contributed by atoms with Gasteiger partial charge in [-0.1, -0.05) is 5.92 Å². The summed E-state index contributed by atoms with van der Waals surface area (Å²) in [6, 6.07) is 0. The minimum Gasteiger partial charge on any atom is -0.376 e. The number of terminal acetylenes is 1. The highest BCUT2D eigenvalue weighted by Gasteiger charge is 2.25. The van der Waals surface area contributed by atoms with Crippen LogP contribution in [0.15, 0.2) is 12.3 Å². The first-order chi connectivity index (χ1) is 4.16. The van der Waals surface area contributed by atoms with Crippen molar-refractivity contribution >= 4 is 0 Å². The highest BCUT2D eigenvalue weighted by molar-refractivity contribution is 5.23. The molecule has 2 nitrogen and oxygen atoms in total. The molecule has 0 aliphatic carbocycles. The summed E-state index contributed by atoms with van der Waals surface area (Å²) in [6.45, 7) is 0.503. The number of hydrogen-bond acceptors (Lipinski definition) is 2. The van der Waals surface area contributed by atoms with Gasteiger partial charge in [-0.2, -0.15) is 0 Å². The Morgan fingerprint density at radius 1 is 1.89 bits per heavy atom. The monoisotopic (exact) mass is 123 g/mol. The Morgan fingerprint density at radius 3 is 2.78 bits per heavy atom. The fourth-order valence-electron chi connectivity index (χ4n) is 0.830. The van der Waals surface area contributed by atoms with Gasteiger partial charge in [-0.3, -0.25) is 0 Å². The highest BCUT2D eigenvalue weighted by atomic mass is 16.3. The molecule has 1 unspecified atom stereocenters. The average molecular weight is 123 g/mol. The molecule has 1 aliphatic rings. The molecule has 0 spiro atoms. The van der Waals surface area contributed by atoms with Crippen LogP contribution in [0.2, 0.25) is 0 Å². The standard InChI is InChI=1S/C7H9NO/c1-3-7(9)4-5-8(2)6-7/h1,4-5,9H,6H2,2H3. The Hall–Kier alpha value is -0.940. The first kappa shape index (κ1) is 6.18. The molecule has 0 radical (unpaired) electrons. The Balaban J connectivity index is 2.71. The molecule has 1 N–H and O–H groups in total. The molecule has 0 aromatic heterocycles. The third-order valence-electron chi connectivity index (χ3n) is 1.35. The van der Waals surface area contributed by atoms with Crippen LogP contribution in [-0.4, -0.2) is 29.2 Å². The van der Waals surface area contributed by atoms with Crippen molar-refractivity contribution in [2.45, 2.75) is 5.60 Å². The summed E-state index contributed by atoms with van der Waals surface area (Å²) in [5.41, 5.74) is -1.02. The molecule has 0 fully saturated rings. The summed E-state index contributed by atoms with van der Waals surface area (Å²) in [5, 5.41) is 9.31. The van der Waals surface area contributed by atoms with E-state index in [1.165, 1.54) is 0 Å². The fourth-order valence-corrected chi connectivity index (χ4v) is 0.830. The molecule has 0 bridgehead atoms. The van der Waals surface area contributed by atoms with Gasteiger partial charge >= 0.3 is 0 Å². The molecule has 0 saturated heterocycles. The smallest absolute Gasteiger partial charge is 0.162 e. The molecule has 1 atom stereocenters. The van der Waals surface area contributed by atoms with Crippen LogP contribution in [0.25, 0.3) is 0 Å². The first-order valence-electron chi connectivity index (χ1n) is 2.76. The highest BCUT2D eigenvalue weighted by Crippen LogP contribution is 2.13. The van der Waals surface area contributed by atoms with Crippen molar-refractivity contribution in [3.05, 3.63) is 12.3 Å². The number of nitrogens with zero attached hydrogens (tertiary/aromatic N) is 1. The lowest BCUT2D eigenvalue weighted by atomic mass is 10.1. The van der Waals surface area contributed by atoms with Crippen LogP contribution in [0.4, 0.5) is 0 Å².